The lowest BCUT2D eigenvalue weighted by Crippen LogP contribution is -2.23. The fraction of sp³-hybridized carbons (Fsp3) is 0.217. The highest BCUT2D eigenvalue weighted by atomic mass is 35.5. The average Bonchev–Trinajstić information content (AvgIpc) is 2.73. The van der Waals surface area contributed by atoms with Gasteiger partial charge in [-0.25, -0.2) is 8.42 Å². The second-order valence-electron chi connectivity index (χ2n) is 8.24. The van der Waals surface area contributed by atoms with Gasteiger partial charge in [0.1, 0.15) is 17.0 Å². The van der Waals surface area contributed by atoms with Crippen molar-refractivity contribution in [3.05, 3.63) is 82.6 Å². The third-order valence-corrected chi connectivity index (χ3v) is 5.96. The quantitative estimate of drug-likeness (QED) is 0.412. The molecule has 3 aromatic rings. The molecule has 0 saturated carbocycles. The maximum Gasteiger partial charge on any atom is 0.433 e. The average molecular weight is 513 g/mol. The Morgan fingerprint density at radius 3 is 2.24 bits per heavy atom. The maximum absolute atomic E-state index is 13.0. The summed E-state index contributed by atoms with van der Waals surface area (Å²) in [7, 11) is -4.15. The zero-order valence-corrected chi connectivity index (χ0v) is 19.8. The van der Waals surface area contributed by atoms with Crippen LogP contribution in [0.4, 0.5) is 18.9 Å². The summed E-state index contributed by atoms with van der Waals surface area (Å²) in [5.74, 6) is -0.394. The second kappa shape index (κ2) is 9.27. The number of rotatable bonds is 6. The minimum atomic E-state index is -4.75. The maximum atomic E-state index is 13.0. The molecule has 34 heavy (non-hydrogen) atoms. The fourth-order valence-electron chi connectivity index (χ4n) is 2.92. The van der Waals surface area contributed by atoms with E-state index in [0.717, 1.165) is 12.3 Å². The number of ether oxygens (including phenoxy) is 1. The number of benzene rings is 2. The Bertz CT molecular complexity index is 1320. The zero-order valence-electron chi connectivity index (χ0n) is 18.3. The van der Waals surface area contributed by atoms with Crippen molar-refractivity contribution in [1.82, 2.24) is 4.98 Å². The van der Waals surface area contributed by atoms with Crippen molar-refractivity contribution in [1.29, 1.82) is 0 Å². The summed E-state index contributed by atoms with van der Waals surface area (Å²) in [5, 5.41) is 0.0973. The predicted molar refractivity (Wildman–Crippen MR) is 122 cm³/mol. The van der Waals surface area contributed by atoms with Crippen molar-refractivity contribution >= 4 is 33.1 Å². The SMILES string of the molecule is CC(C)(C)Oc1ccc(S(=O)(=O)Nc2ccc(Cl)cc2C(=O)c2ccnc(C(F)(F)F)c2)cc1. The topological polar surface area (TPSA) is 85.4 Å². The molecule has 1 N–H and O–H groups in total. The Hall–Kier alpha value is -3.11. The van der Waals surface area contributed by atoms with Crippen LogP contribution < -0.4 is 9.46 Å². The number of halogens is 4. The molecule has 0 saturated heterocycles. The normalized spacial score (nSPS) is 12.3. The molecule has 0 fully saturated rings. The number of ketones is 1. The number of nitrogens with one attached hydrogen (secondary N) is 1. The zero-order chi connectivity index (χ0) is 25.3. The van der Waals surface area contributed by atoms with Gasteiger partial charge < -0.3 is 4.74 Å². The highest BCUT2D eigenvalue weighted by Gasteiger charge is 2.33. The summed E-state index contributed by atoms with van der Waals surface area (Å²) in [4.78, 5) is 16.1. The van der Waals surface area contributed by atoms with Gasteiger partial charge in [-0.05, 0) is 75.4 Å². The molecule has 0 aliphatic heterocycles. The Balaban J connectivity index is 1.94. The number of anilines is 1. The van der Waals surface area contributed by atoms with E-state index in [9.17, 15) is 26.4 Å². The first-order valence-electron chi connectivity index (χ1n) is 9.85. The van der Waals surface area contributed by atoms with Crippen LogP contribution in [0.15, 0.2) is 65.7 Å². The minimum absolute atomic E-state index is 0.0973. The molecule has 2 aromatic carbocycles. The van der Waals surface area contributed by atoms with Gasteiger partial charge in [0.05, 0.1) is 10.6 Å². The molecule has 0 atom stereocenters. The molecule has 1 heterocycles. The van der Waals surface area contributed by atoms with E-state index < -0.39 is 33.3 Å². The highest BCUT2D eigenvalue weighted by molar-refractivity contribution is 7.92. The van der Waals surface area contributed by atoms with Gasteiger partial charge in [-0.1, -0.05) is 11.6 Å². The first kappa shape index (κ1) is 25.5. The number of hydrogen-bond donors (Lipinski definition) is 1. The van der Waals surface area contributed by atoms with Crippen LogP contribution in [0.5, 0.6) is 5.75 Å². The number of carbonyl (C=O) groups is 1. The van der Waals surface area contributed by atoms with Crippen LogP contribution in [-0.2, 0) is 16.2 Å². The molecule has 0 unspecified atom stereocenters. The predicted octanol–water partition coefficient (Wildman–Crippen LogP) is 5.96. The number of hydrogen-bond acceptors (Lipinski definition) is 5. The van der Waals surface area contributed by atoms with E-state index in [4.69, 9.17) is 16.3 Å². The molecule has 0 radical (unpaired) electrons. The number of pyridine rings is 1. The van der Waals surface area contributed by atoms with E-state index in [0.29, 0.717) is 11.8 Å². The van der Waals surface area contributed by atoms with Crippen molar-refractivity contribution in [2.24, 2.45) is 0 Å². The molecular weight excluding hydrogens is 493 g/mol. The van der Waals surface area contributed by atoms with E-state index in [-0.39, 0.29) is 26.7 Å². The third-order valence-electron chi connectivity index (χ3n) is 4.34. The summed E-state index contributed by atoms with van der Waals surface area (Å²) in [6, 6.07) is 11.1. The first-order valence-corrected chi connectivity index (χ1v) is 11.7. The van der Waals surface area contributed by atoms with Crippen LogP contribution in [0.25, 0.3) is 0 Å². The molecule has 0 aliphatic carbocycles. The molecule has 0 amide bonds. The van der Waals surface area contributed by atoms with E-state index >= 15 is 0 Å². The number of nitrogens with zero attached hydrogens (tertiary/aromatic N) is 1. The number of sulfonamides is 1. The van der Waals surface area contributed by atoms with Gasteiger partial charge in [0.2, 0.25) is 0 Å². The fourth-order valence-corrected chi connectivity index (χ4v) is 4.17. The van der Waals surface area contributed by atoms with Crippen molar-refractivity contribution in [2.75, 3.05) is 4.72 Å². The van der Waals surface area contributed by atoms with Gasteiger partial charge in [0.15, 0.2) is 5.78 Å². The van der Waals surface area contributed by atoms with Gasteiger partial charge in [-0.15, -0.1) is 0 Å². The molecular formula is C23H20ClF3N2O4S. The molecule has 0 spiro atoms. The molecule has 0 aliphatic rings. The van der Waals surface area contributed by atoms with E-state index in [1.807, 2.05) is 20.8 Å². The Morgan fingerprint density at radius 1 is 1.00 bits per heavy atom. The third kappa shape index (κ3) is 6.27. The summed E-state index contributed by atoms with van der Waals surface area (Å²) in [6.45, 7) is 5.54. The molecule has 3 rings (SSSR count). The van der Waals surface area contributed by atoms with E-state index in [2.05, 4.69) is 9.71 Å². The standard InChI is InChI=1S/C23H20ClF3N2O4S/c1-22(2,3)33-16-5-7-17(8-6-16)34(31,32)29-19-9-4-15(24)13-18(19)21(30)14-10-11-28-20(12-14)23(25,26)27/h4-13,29H,1-3H3. The lowest BCUT2D eigenvalue weighted by molar-refractivity contribution is -0.141. The summed E-state index contributed by atoms with van der Waals surface area (Å²) in [6.07, 6.45) is -3.90. The van der Waals surface area contributed by atoms with Crippen molar-refractivity contribution in [2.45, 2.75) is 37.4 Å². The summed E-state index contributed by atoms with van der Waals surface area (Å²) in [5.41, 5.74) is -2.41. The van der Waals surface area contributed by atoms with Crippen LogP contribution in [-0.4, -0.2) is 24.8 Å². The minimum Gasteiger partial charge on any atom is -0.488 e. The second-order valence-corrected chi connectivity index (χ2v) is 10.4. The lowest BCUT2D eigenvalue weighted by atomic mass is 10.0. The van der Waals surface area contributed by atoms with Crippen LogP contribution in [0.2, 0.25) is 5.02 Å². The van der Waals surface area contributed by atoms with Gasteiger partial charge in [0.25, 0.3) is 10.0 Å². The first-order chi connectivity index (χ1) is 15.7. The Labute approximate surface area is 199 Å². The number of alkyl halides is 3. The van der Waals surface area contributed by atoms with Crippen molar-refractivity contribution in [3.63, 3.8) is 0 Å². The molecule has 180 valence electrons. The monoisotopic (exact) mass is 512 g/mol. The molecule has 1 aromatic heterocycles. The summed E-state index contributed by atoms with van der Waals surface area (Å²) >= 11 is 5.97. The largest absolute Gasteiger partial charge is 0.488 e. The van der Waals surface area contributed by atoms with Crippen molar-refractivity contribution < 1.29 is 31.1 Å². The van der Waals surface area contributed by atoms with Gasteiger partial charge in [-0.2, -0.15) is 13.2 Å². The summed E-state index contributed by atoms with van der Waals surface area (Å²) < 4.78 is 72.9. The number of aromatic nitrogens is 1. The van der Waals surface area contributed by atoms with Gasteiger partial charge in [-0.3, -0.25) is 14.5 Å². The number of carbonyl (C=O) groups excluding carboxylic acids is 1. The lowest BCUT2D eigenvalue weighted by Gasteiger charge is -2.21. The Kier molecular flexibility index (Phi) is 6.95. The smallest absolute Gasteiger partial charge is 0.433 e. The van der Waals surface area contributed by atoms with Gasteiger partial charge in [0, 0.05) is 22.3 Å². The molecule has 11 heteroatoms. The van der Waals surface area contributed by atoms with Crippen molar-refractivity contribution in [3.8, 4) is 5.75 Å². The molecule has 6 nitrogen and oxygen atoms in total. The van der Waals surface area contributed by atoms with Crippen LogP contribution in [0, 0.1) is 0 Å². The van der Waals surface area contributed by atoms with E-state index in [1.165, 1.54) is 42.5 Å². The van der Waals surface area contributed by atoms with Crippen LogP contribution in [0.3, 0.4) is 0 Å². The van der Waals surface area contributed by atoms with Crippen LogP contribution in [0.1, 0.15) is 42.4 Å². The Morgan fingerprint density at radius 2 is 1.65 bits per heavy atom. The molecule has 0 bridgehead atoms. The van der Waals surface area contributed by atoms with Crippen LogP contribution >= 0.6 is 11.6 Å². The highest BCUT2D eigenvalue weighted by Crippen LogP contribution is 2.30. The van der Waals surface area contributed by atoms with E-state index in [1.54, 1.807) is 0 Å². The van der Waals surface area contributed by atoms with Gasteiger partial charge >= 0.3 is 6.18 Å².